The van der Waals surface area contributed by atoms with Crippen LogP contribution in [0.4, 0.5) is 5.69 Å². The van der Waals surface area contributed by atoms with E-state index >= 15 is 0 Å². The van der Waals surface area contributed by atoms with Crippen molar-refractivity contribution in [2.24, 2.45) is 5.73 Å². The molecule has 1 fully saturated rings. The van der Waals surface area contributed by atoms with Gasteiger partial charge in [0.1, 0.15) is 17.7 Å². The molecular formula is C26H32Cl2N4O3S. The van der Waals surface area contributed by atoms with Crippen molar-refractivity contribution in [3.05, 3.63) is 71.3 Å². The summed E-state index contributed by atoms with van der Waals surface area (Å²) >= 11 is 0. The molecule has 4 N–H and O–H groups in total. The Morgan fingerprint density at radius 2 is 1.78 bits per heavy atom. The van der Waals surface area contributed by atoms with Gasteiger partial charge in [0.2, 0.25) is 10.0 Å². The first kappa shape index (κ1) is 28.1. The van der Waals surface area contributed by atoms with E-state index in [1.807, 2.05) is 54.6 Å². The molecule has 2 aliphatic rings. The van der Waals surface area contributed by atoms with Gasteiger partial charge >= 0.3 is 0 Å². The minimum atomic E-state index is -3.49. The quantitative estimate of drug-likeness (QED) is 0.308. The molecule has 3 aromatic carbocycles. The van der Waals surface area contributed by atoms with Gasteiger partial charge in [-0.1, -0.05) is 24.3 Å². The first-order valence-corrected chi connectivity index (χ1v) is 13.4. The van der Waals surface area contributed by atoms with Crippen molar-refractivity contribution in [3.63, 3.8) is 0 Å². The van der Waals surface area contributed by atoms with Crippen LogP contribution in [0.3, 0.4) is 0 Å². The molecule has 1 saturated heterocycles. The highest BCUT2D eigenvalue weighted by molar-refractivity contribution is 7.92. The lowest BCUT2D eigenvalue weighted by Gasteiger charge is -2.27. The maximum Gasteiger partial charge on any atom is 0.235 e. The number of piperidine rings is 1. The summed E-state index contributed by atoms with van der Waals surface area (Å²) in [6, 6.07) is 17.1. The molecule has 5 rings (SSSR count). The van der Waals surface area contributed by atoms with Gasteiger partial charge in [-0.3, -0.25) is 9.71 Å². The van der Waals surface area contributed by atoms with Gasteiger partial charge in [0.05, 0.1) is 17.5 Å². The minimum absolute atomic E-state index is 0. The van der Waals surface area contributed by atoms with Crippen molar-refractivity contribution in [3.8, 4) is 5.75 Å². The second-order valence-corrected chi connectivity index (χ2v) is 11.1. The van der Waals surface area contributed by atoms with E-state index in [0.29, 0.717) is 12.0 Å². The lowest BCUT2D eigenvalue weighted by atomic mass is 9.98. The molecule has 10 heteroatoms. The molecule has 0 aliphatic carbocycles. The van der Waals surface area contributed by atoms with E-state index in [9.17, 15) is 8.42 Å². The summed E-state index contributed by atoms with van der Waals surface area (Å²) in [6.45, 7) is 3.58. The SMILES string of the molecule is CCS(=O)(=O)N1c2ccc(OC3CCNCC3)cc2C[C@H]1c1ccc2ccc(C(=N)N)cc2c1.Cl.Cl. The first-order valence-electron chi connectivity index (χ1n) is 11.8. The summed E-state index contributed by atoms with van der Waals surface area (Å²) in [5, 5.41) is 13.0. The Hall–Kier alpha value is -2.52. The van der Waals surface area contributed by atoms with Gasteiger partial charge < -0.3 is 15.8 Å². The van der Waals surface area contributed by atoms with E-state index < -0.39 is 10.0 Å². The van der Waals surface area contributed by atoms with Crippen LogP contribution < -0.4 is 20.1 Å². The standard InChI is InChI=1S/C26H30N4O3S.2ClH/c1-2-34(31,32)30-24-8-7-23(33-22-9-11-29-12-10-22)15-21(24)16-25(30)18-5-3-17-4-6-19(26(27)28)14-20(17)13-18;;/h3-8,13-15,22,25,29H,2,9-12,16H2,1H3,(H3,27,28);2*1H/t25-;;/m0../s1. The minimum Gasteiger partial charge on any atom is -0.490 e. The zero-order chi connectivity index (χ0) is 23.9. The van der Waals surface area contributed by atoms with Gasteiger partial charge in [-0.15, -0.1) is 24.8 Å². The van der Waals surface area contributed by atoms with Gasteiger partial charge in [-0.25, -0.2) is 8.42 Å². The van der Waals surface area contributed by atoms with E-state index in [1.54, 1.807) is 11.2 Å². The van der Waals surface area contributed by atoms with Crippen LogP contribution in [-0.2, 0) is 16.4 Å². The van der Waals surface area contributed by atoms with E-state index in [-0.39, 0.29) is 48.5 Å². The summed E-state index contributed by atoms with van der Waals surface area (Å²) in [6.07, 6.45) is 2.70. The fourth-order valence-corrected chi connectivity index (χ4v) is 6.29. The Labute approximate surface area is 224 Å². The number of fused-ring (bicyclic) bond motifs is 2. The summed E-state index contributed by atoms with van der Waals surface area (Å²) < 4.78 is 34.2. The molecule has 2 heterocycles. The van der Waals surface area contributed by atoms with Crippen molar-refractivity contribution in [1.29, 1.82) is 5.41 Å². The molecule has 7 nitrogen and oxygen atoms in total. The van der Waals surface area contributed by atoms with E-state index in [4.69, 9.17) is 15.9 Å². The summed E-state index contributed by atoms with van der Waals surface area (Å²) in [4.78, 5) is 0. The number of amidine groups is 1. The number of ether oxygens (including phenoxy) is 1. The molecule has 0 unspecified atom stereocenters. The molecule has 0 amide bonds. The van der Waals surface area contributed by atoms with Crippen molar-refractivity contribution < 1.29 is 13.2 Å². The van der Waals surface area contributed by atoms with Gasteiger partial charge in [0.25, 0.3) is 0 Å². The monoisotopic (exact) mass is 550 g/mol. The van der Waals surface area contributed by atoms with Crippen LogP contribution in [0, 0.1) is 5.41 Å². The normalized spacial score (nSPS) is 17.7. The molecule has 1 atom stereocenters. The van der Waals surface area contributed by atoms with Crippen molar-refractivity contribution in [2.75, 3.05) is 23.1 Å². The highest BCUT2D eigenvalue weighted by Gasteiger charge is 2.38. The fraction of sp³-hybridized carbons (Fsp3) is 0.346. The number of nitrogens with one attached hydrogen (secondary N) is 2. The molecule has 3 aromatic rings. The average Bonchev–Trinajstić information content (AvgIpc) is 3.23. The predicted molar refractivity (Wildman–Crippen MR) is 151 cm³/mol. The third kappa shape index (κ3) is 5.42. The Morgan fingerprint density at radius 3 is 2.47 bits per heavy atom. The number of rotatable bonds is 6. The highest BCUT2D eigenvalue weighted by Crippen LogP contribution is 2.44. The molecule has 0 saturated carbocycles. The van der Waals surface area contributed by atoms with Gasteiger partial charge in [0.15, 0.2) is 0 Å². The van der Waals surface area contributed by atoms with Crippen LogP contribution in [-0.4, -0.2) is 39.2 Å². The van der Waals surface area contributed by atoms with Crippen LogP contribution in [0.25, 0.3) is 10.8 Å². The van der Waals surface area contributed by atoms with Crippen LogP contribution in [0.15, 0.2) is 54.6 Å². The smallest absolute Gasteiger partial charge is 0.235 e. The first-order chi connectivity index (χ1) is 16.4. The zero-order valence-corrected chi connectivity index (χ0v) is 22.5. The van der Waals surface area contributed by atoms with Gasteiger partial charge in [-0.05, 0) is 85.1 Å². The largest absolute Gasteiger partial charge is 0.490 e. The van der Waals surface area contributed by atoms with Gasteiger partial charge in [0, 0.05) is 12.0 Å². The topological polar surface area (TPSA) is 109 Å². The number of hydrogen-bond donors (Lipinski definition) is 3. The Balaban J connectivity index is 0.00000180. The number of hydrogen-bond acceptors (Lipinski definition) is 5. The fourth-order valence-electron chi connectivity index (χ4n) is 4.95. The highest BCUT2D eigenvalue weighted by atomic mass is 35.5. The molecule has 0 bridgehead atoms. The molecule has 2 aliphatic heterocycles. The Bertz CT molecular complexity index is 1360. The molecular weight excluding hydrogens is 519 g/mol. The molecule has 0 aromatic heterocycles. The number of nitrogens with two attached hydrogens (primary N) is 1. The van der Waals surface area contributed by atoms with Crippen molar-refractivity contribution in [2.45, 2.75) is 38.3 Å². The lowest BCUT2D eigenvalue weighted by Crippen LogP contribution is -2.34. The van der Waals surface area contributed by atoms with E-state index in [2.05, 4.69) is 5.32 Å². The number of anilines is 1. The van der Waals surface area contributed by atoms with E-state index in [0.717, 1.165) is 59.3 Å². The molecule has 194 valence electrons. The maximum absolute atomic E-state index is 13.2. The van der Waals surface area contributed by atoms with Crippen LogP contribution in [0.5, 0.6) is 5.75 Å². The zero-order valence-electron chi connectivity index (χ0n) is 20.1. The molecule has 0 spiro atoms. The lowest BCUT2D eigenvalue weighted by molar-refractivity contribution is 0.162. The van der Waals surface area contributed by atoms with Crippen molar-refractivity contribution in [1.82, 2.24) is 5.32 Å². The predicted octanol–water partition coefficient (Wildman–Crippen LogP) is 4.55. The number of halogens is 2. The number of benzene rings is 3. The number of nitrogen functional groups attached to an aromatic ring is 1. The summed E-state index contributed by atoms with van der Waals surface area (Å²) in [5.41, 5.74) is 8.95. The van der Waals surface area contributed by atoms with Crippen LogP contribution >= 0.6 is 24.8 Å². The van der Waals surface area contributed by atoms with Crippen LogP contribution in [0.1, 0.15) is 42.5 Å². The third-order valence-corrected chi connectivity index (χ3v) is 8.58. The average molecular weight is 552 g/mol. The second-order valence-electron chi connectivity index (χ2n) is 9.01. The number of sulfonamides is 1. The maximum atomic E-state index is 13.2. The Kier molecular flexibility index (Phi) is 8.77. The van der Waals surface area contributed by atoms with E-state index in [1.165, 1.54) is 0 Å². The summed E-state index contributed by atoms with van der Waals surface area (Å²) in [7, 11) is -3.49. The Morgan fingerprint density at radius 1 is 1.06 bits per heavy atom. The summed E-state index contributed by atoms with van der Waals surface area (Å²) in [5.74, 6) is 0.833. The second kappa shape index (κ2) is 11.3. The third-order valence-electron chi connectivity index (χ3n) is 6.80. The molecule has 0 radical (unpaired) electrons. The van der Waals surface area contributed by atoms with Gasteiger partial charge in [-0.2, -0.15) is 0 Å². The molecule has 36 heavy (non-hydrogen) atoms. The number of nitrogens with zero attached hydrogens (tertiary/aromatic N) is 1. The van der Waals surface area contributed by atoms with Crippen LogP contribution in [0.2, 0.25) is 0 Å². The van der Waals surface area contributed by atoms with Crippen molar-refractivity contribution >= 4 is 57.1 Å².